The van der Waals surface area contributed by atoms with Gasteiger partial charge in [-0.2, -0.15) is 5.10 Å². The number of likely N-dealkylation sites (tertiary alicyclic amines) is 1. The summed E-state index contributed by atoms with van der Waals surface area (Å²) >= 11 is 0. The molecule has 0 atom stereocenters. The predicted molar refractivity (Wildman–Crippen MR) is 150 cm³/mol. The van der Waals surface area contributed by atoms with Gasteiger partial charge >= 0.3 is 12.1 Å². The van der Waals surface area contributed by atoms with Crippen molar-refractivity contribution in [1.82, 2.24) is 39.8 Å². The van der Waals surface area contributed by atoms with E-state index in [1.165, 1.54) is 11.2 Å². The van der Waals surface area contributed by atoms with Crippen molar-refractivity contribution < 1.29 is 24.0 Å². The van der Waals surface area contributed by atoms with Crippen LogP contribution in [0.2, 0.25) is 0 Å². The summed E-state index contributed by atoms with van der Waals surface area (Å²) in [6.45, 7) is 4.32. The van der Waals surface area contributed by atoms with Crippen molar-refractivity contribution in [3.8, 4) is 22.8 Å². The summed E-state index contributed by atoms with van der Waals surface area (Å²) in [5, 5.41) is 18.7. The van der Waals surface area contributed by atoms with Crippen LogP contribution in [-0.2, 0) is 9.53 Å². The van der Waals surface area contributed by atoms with Crippen molar-refractivity contribution >= 4 is 28.9 Å². The minimum absolute atomic E-state index is 0.0289. The van der Waals surface area contributed by atoms with E-state index in [4.69, 9.17) is 35.2 Å². The minimum Gasteiger partial charge on any atom is -0.479 e. The van der Waals surface area contributed by atoms with E-state index in [2.05, 4.69) is 15.1 Å². The average Bonchev–Trinajstić information content (AvgIpc) is 3.75. The van der Waals surface area contributed by atoms with Gasteiger partial charge in [0.25, 0.3) is 0 Å². The number of carboxylic acid groups (broad SMARTS) is 1. The quantitative estimate of drug-likeness (QED) is 0.321. The molecule has 0 bridgehead atoms. The van der Waals surface area contributed by atoms with Gasteiger partial charge in [0.1, 0.15) is 23.5 Å². The van der Waals surface area contributed by atoms with Gasteiger partial charge in [-0.3, -0.25) is 0 Å². The number of ether oxygens (including phenoxy) is 1. The lowest BCUT2D eigenvalue weighted by atomic mass is 9.91. The van der Waals surface area contributed by atoms with Gasteiger partial charge in [-0.1, -0.05) is 18.0 Å². The molecule has 1 saturated heterocycles. The molecule has 220 valence electrons. The smallest absolute Gasteiger partial charge is 0.410 e. The average molecular weight is 576 g/mol. The van der Waals surface area contributed by atoms with Crippen LogP contribution in [0, 0.1) is 0 Å². The van der Waals surface area contributed by atoms with Gasteiger partial charge in [-0.05, 0) is 51.0 Å². The molecule has 4 aromatic rings. The minimum atomic E-state index is -1.18. The number of nitrogens with zero attached hydrogens (tertiary/aromatic N) is 8. The molecule has 14 nitrogen and oxygen atoms in total. The molecule has 2 aliphatic rings. The number of anilines is 1. The fourth-order valence-corrected chi connectivity index (χ4v) is 5.96. The molecule has 0 aromatic carbocycles. The van der Waals surface area contributed by atoms with Gasteiger partial charge in [0.15, 0.2) is 23.8 Å². The van der Waals surface area contributed by atoms with Crippen molar-refractivity contribution in [3.63, 3.8) is 0 Å². The van der Waals surface area contributed by atoms with Gasteiger partial charge in [-0.15, -0.1) is 0 Å². The molecule has 1 aliphatic carbocycles. The molecule has 1 aliphatic heterocycles. The first-order valence-corrected chi connectivity index (χ1v) is 14.3. The Morgan fingerprint density at radius 3 is 2.43 bits per heavy atom. The van der Waals surface area contributed by atoms with E-state index in [1.807, 2.05) is 30.9 Å². The van der Waals surface area contributed by atoms with E-state index in [9.17, 15) is 9.59 Å². The molecule has 1 saturated carbocycles. The molecule has 5 heterocycles. The summed E-state index contributed by atoms with van der Waals surface area (Å²) in [5.41, 5.74) is 9.69. The highest BCUT2D eigenvalue weighted by molar-refractivity contribution is 6.00. The Morgan fingerprint density at radius 2 is 1.76 bits per heavy atom. The number of rotatable bonds is 7. The Balaban J connectivity index is 1.32. The second-order valence-corrected chi connectivity index (χ2v) is 11.1. The predicted octanol–water partition coefficient (Wildman–Crippen LogP) is 4.16. The van der Waals surface area contributed by atoms with Crippen LogP contribution in [-0.4, -0.2) is 76.6 Å². The number of aliphatic carboxylic acids is 1. The number of carbonyl (C=O) groups excluding carboxylic acids is 1. The Hall–Kier alpha value is -4.62. The van der Waals surface area contributed by atoms with Crippen LogP contribution in [0.3, 0.4) is 0 Å². The maximum absolute atomic E-state index is 12.1. The number of hydrogen-bond acceptors (Lipinski definition) is 11. The lowest BCUT2D eigenvalue weighted by molar-refractivity contribution is -0.140. The topological polar surface area (TPSA) is 188 Å². The molecule has 6 rings (SSSR count). The second kappa shape index (κ2) is 11.3. The van der Waals surface area contributed by atoms with E-state index < -0.39 is 18.7 Å². The third-order valence-corrected chi connectivity index (χ3v) is 8.12. The van der Waals surface area contributed by atoms with E-state index in [0.717, 1.165) is 37.0 Å². The van der Waals surface area contributed by atoms with E-state index in [1.54, 1.807) is 0 Å². The van der Waals surface area contributed by atoms with Gasteiger partial charge < -0.3 is 25.0 Å². The highest BCUT2D eigenvalue weighted by atomic mass is 16.6. The summed E-state index contributed by atoms with van der Waals surface area (Å²) in [5.74, 6) is 0.747. The molecule has 42 heavy (non-hydrogen) atoms. The molecule has 0 spiro atoms. The van der Waals surface area contributed by atoms with Crippen molar-refractivity contribution in [2.75, 3.05) is 25.4 Å². The third kappa shape index (κ3) is 5.12. The molecule has 0 unspecified atom stereocenters. The van der Waals surface area contributed by atoms with E-state index >= 15 is 0 Å². The Labute approximate surface area is 241 Å². The van der Waals surface area contributed by atoms with E-state index in [0.29, 0.717) is 65.6 Å². The second-order valence-electron chi connectivity index (χ2n) is 11.1. The van der Waals surface area contributed by atoms with Crippen LogP contribution < -0.4 is 5.73 Å². The van der Waals surface area contributed by atoms with Crippen LogP contribution in [0.25, 0.3) is 33.8 Å². The van der Waals surface area contributed by atoms with Crippen molar-refractivity contribution in [1.29, 1.82) is 0 Å². The van der Waals surface area contributed by atoms with Crippen LogP contribution in [0.4, 0.5) is 10.6 Å². The summed E-state index contributed by atoms with van der Waals surface area (Å²) in [4.78, 5) is 42.6. The first kappa shape index (κ1) is 27.5. The largest absolute Gasteiger partial charge is 0.479 e. The molecule has 0 radical (unpaired) electrons. The zero-order valence-electron chi connectivity index (χ0n) is 23.6. The van der Waals surface area contributed by atoms with E-state index in [-0.39, 0.29) is 17.9 Å². The van der Waals surface area contributed by atoms with Gasteiger partial charge in [0, 0.05) is 37.4 Å². The SMILES string of the molecule is CC(C)n1nc(-c2noc(C3CCCC3)c2-c2ncc(C3CCN(C(=O)OCC(=O)O)CC3)cn2)c2c(N)ncnc21. The maximum Gasteiger partial charge on any atom is 0.410 e. The van der Waals surface area contributed by atoms with Crippen LogP contribution in [0.5, 0.6) is 0 Å². The van der Waals surface area contributed by atoms with Crippen LogP contribution in [0.15, 0.2) is 23.2 Å². The molecule has 14 heteroatoms. The van der Waals surface area contributed by atoms with Crippen molar-refractivity contribution in [2.45, 2.75) is 70.3 Å². The number of carbonyl (C=O) groups is 2. The molecular formula is C28H33N9O5. The fourth-order valence-electron chi connectivity index (χ4n) is 5.96. The number of hydrogen-bond donors (Lipinski definition) is 2. The monoisotopic (exact) mass is 575 g/mol. The van der Waals surface area contributed by atoms with Crippen LogP contribution in [0.1, 0.15) is 81.6 Å². The highest BCUT2D eigenvalue weighted by Gasteiger charge is 2.33. The zero-order valence-corrected chi connectivity index (χ0v) is 23.6. The zero-order chi connectivity index (χ0) is 29.4. The summed E-state index contributed by atoms with van der Waals surface area (Å²) in [6, 6.07) is 0.0289. The first-order valence-electron chi connectivity index (χ1n) is 14.3. The molecule has 3 N–H and O–H groups in total. The molecule has 1 amide bonds. The summed E-state index contributed by atoms with van der Waals surface area (Å²) < 4.78 is 12.6. The number of piperidine rings is 1. The normalized spacial score (nSPS) is 16.5. The fraction of sp³-hybridized carbons (Fsp3) is 0.500. The molecule has 4 aromatic heterocycles. The number of nitrogen functional groups attached to an aromatic ring is 1. The van der Waals surface area contributed by atoms with Gasteiger partial charge in [-0.25, -0.2) is 34.2 Å². The standard InChI is InChI=1S/C28H33N9O5/c1-15(2)37-27-21(25(29)32-14-33-27)22(34-37)23-20(24(42-35-23)17-5-3-4-6-17)26-30-11-18(12-31-26)16-7-9-36(10-8-16)28(40)41-13-19(38)39/h11-12,14-17H,3-10,13H2,1-2H3,(H,38,39)(H2,29,32,33). The van der Waals surface area contributed by atoms with Crippen molar-refractivity contribution in [2.24, 2.45) is 0 Å². The number of fused-ring (bicyclic) bond motifs is 1. The Bertz CT molecular complexity index is 1600. The Kier molecular flexibility index (Phi) is 7.43. The van der Waals surface area contributed by atoms with Crippen LogP contribution >= 0.6 is 0 Å². The molecular weight excluding hydrogens is 542 g/mol. The highest BCUT2D eigenvalue weighted by Crippen LogP contribution is 2.44. The summed E-state index contributed by atoms with van der Waals surface area (Å²) in [6.07, 6.45) is 10.1. The first-order chi connectivity index (χ1) is 20.3. The molecule has 2 fully saturated rings. The number of nitrogens with two attached hydrogens (primary N) is 1. The maximum atomic E-state index is 12.1. The number of carboxylic acids is 1. The third-order valence-electron chi connectivity index (χ3n) is 8.12. The van der Waals surface area contributed by atoms with Gasteiger partial charge in [0.05, 0.1) is 10.9 Å². The number of aromatic nitrogens is 7. The lowest BCUT2D eigenvalue weighted by Crippen LogP contribution is -2.39. The van der Waals surface area contributed by atoms with Gasteiger partial charge in [0.2, 0.25) is 0 Å². The number of amides is 1. The van der Waals surface area contributed by atoms with Crippen molar-refractivity contribution in [3.05, 3.63) is 30.0 Å². The lowest BCUT2D eigenvalue weighted by Gasteiger charge is -2.31. The summed E-state index contributed by atoms with van der Waals surface area (Å²) in [7, 11) is 0. The Morgan fingerprint density at radius 1 is 1.05 bits per heavy atom.